The quantitative estimate of drug-likeness (QED) is 0.831. The predicted octanol–water partition coefficient (Wildman–Crippen LogP) is 2.59. The van der Waals surface area contributed by atoms with Gasteiger partial charge in [-0.3, -0.25) is 9.97 Å². The first-order valence-corrected chi connectivity index (χ1v) is 6.90. The molecule has 0 radical (unpaired) electrons. The first-order chi connectivity index (χ1) is 9.15. The molecular weight excluding hydrogens is 306 g/mol. The van der Waals surface area contributed by atoms with E-state index in [4.69, 9.17) is 0 Å². The number of nitrogens with one attached hydrogen (secondary N) is 1. The number of aromatic nitrogens is 2. The van der Waals surface area contributed by atoms with Gasteiger partial charge in [-0.2, -0.15) is 0 Å². The van der Waals surface area contributed by atoms with Crippen LogP contribution in [0, 0.1) is 6.92 Å². The van der Waals surface area contributed by atoms with Gasteiger partial charge >= 0.3 is 0 Å². The van der Waals surface area contributed by atoms with E-state index in [0.717, 1.165) is 34.4 Å². The van der Waals surface area contributed by atoms with E-state index in [0.29, 0.717) is 6.54 Å². The Hall–Kier alpha value is -1.46. The molecule has 5 heteroatoms. The molecule has 0 saturated heterocycles. The first-order valence-electron chi connectivity index (χ1n) is 6.11. The Bertz CT molecular complexity index is 560. The predicted molar refractivity (Wildman–Crippen MR) is 78.0 cm³/mol. The number of halogens is 1. The van der Waals surface area contributed by atoms with Gasteiger partial charge in [0.25, 0.3) is 0 Å². The molecule has 19 heavy (non-hydrogen) atoms. The highest BCUT2D eigenvalue weighted by molar-refractivity contribution is 9.10. The molecule has 2 aromatic rings. The molecule has 0 amide bonds. The highest BCUT2D eigenvalue weighted by Gasteiger charge is 2.01. The van der Waals surface area contributed by atoms with Crippen LogP contribution in [0.2, 0.25) is 0 Å². The van der Waals surface area contributed by atoms with Crippen molar-refractivity contribution >= 4 is 15.9 Å². The second-order valence-electron chi connectivity index (χ2n) is 4.35. The van der Waals surface area contributed by atoms with Gasteiger partial charge in [0.05, 0.1) is 11.4 Å². The third kappa shape index (κ3) is 4.29. The normalized spacial score (nSPS) is 10.6. The third-order valence-corrected chi connectivity index (χ3v) is 3.48. The van der Waals surface area contributed by atoms with Crippen LogP contribution < -0.4 is 5.32 Å². The van der Waals surface area contributed by atoms with Crippen LogP contribution in [-0.4, -0.2) is 21.6 Å². The van der Waals surface area contributed by atoms with E-state index in [9.17, 15) is 5.11 Å². The summed E-state index contributed by atoms with van der Waals surface area (Å²) in [5, 5.41) is 12.8. The Morgan fingerprint density at radius 3 is 2.95 bits per heavy atom. The van der Waals surface area contributed by atoms with Crippen molar-refractivity contribution in [2.75, 3.05) is 6.54 Å². The van der Waals surface area contributed by atoms with Gasteiger partial charge in [-0.05, 0) is 30.7 Å². The number of benzene rings is 1. The van der Waals surface area contributed by atoms with E-state index in [1.54, 1.807) is 24.5 Å². The van der Waals surface area contributed by atoms with Crippen LogP contribution in [0.15, 0.2) is 35.1 Å². The maximum absolute atomic E-state index is 9.44. The lowest BCUT2D eigenvalue weighted by atomic mass is 10.2. The maximum Gasteiger partial charge on any atom is 0.115 e. The van der Waals surface area contributed by atoms with Gasteiger partial charge in [-0.15, -0.1) is 0 Å². The molecule has 1 heterocycles. The molecule has 4 nitrogen and oxygen atoms in total. The van der Waals surface area contributed by atoms with Gasteiger partial charge in [0.15, 0.2) is 0 Å². The van der Waals surface area contributed by atoms with Gasteiger partial charge in [-0.25, -0.2) is 0 Å². The number of rotatable bonds is 5. The minimum atomic E-state index is 0.282. The summed E-state index contributed by atoms with van der Waals surface area (Å²) in [6.07, 6.45) is 4.38. The molecule has 0 bridgehead atoms. The standard InChI is InChI=1S/C14H16BrN3O/c1-10-7-17-9-12(18-10)4-5-16-8-11-6-13(19)2-3-14(11)15/h2-3,6-7,9,16,19H,4-5,8H2,1H3. The molecule has 0 aliphatic heterocycles. The van der Waals surface area contributed by atoms with Crippen molar-refractivity contribution in [3.8, 4) is 5.75 Å². The van der Waals surface area contributed by atoms with Gasteiger partial charge in [0.2, 0.25) is 0 Å². The Labute approximate surface area is 121 Å². The number of nitrogens with zero attached hydrogens (tertiary/aromatic N) is 2. The number of hydrogen-bond donors (Lipinski definition) is 2. The van der Waals surface area contributed by atoms with E-state index in [1.165, 1.54) is 0 Å². The zero-order valence-corrected chi connectivity index (χ0v) is 12.3. The van der Waals surface area contributed by atoms with Crippen LogP contribution in [0.25, 0.3) is 0 Å². The van der Waals surface area contributed by atoms with E-state index in [1.807, 2.05) is 13.0 Å². The van der Waals surface area contributed by atoms with Crippen molar-refractivity contribution in [1.82, 2.24) is 15.3 Å². The summed E-state index contributed by atoms with van der Waals surface area (Å²) in [6.45, 7) is 3.46. The zero-order valence-electron chi connectivity index (χ0n) is 10.7. The number of phenolic OH excluding ortho intramolecular Hbond substituents is 1. The maximum atomic E-state index is 9.44. The lowest BCUT2D eigenvalue weighted by Crippen LogP contribution is -2.17. The number of aromatic hydroxyl groups is 1. The lowest BCUT2D eigenvalue weighted by molar-refractivity contribution is 0.474. The minimum absolute atomic E-state index is 0.282. The molecular formula is C14H16BrN3O. The number of hydrogen-bond acceptors (Lipinski definition) is 4. The van der Waals surface area contributed by atoms with Crippen LogP contribution >= 0.6 is 15.9 Å². The third-order valence-electron chi connectivity index (χ3n) is 2.71. The average Bonchev–Trinajstić information content (AvgIpc) is 2.39. The Morgan fingerprint density at radius 2 is 2.16 bits per heavy atom. The van der Waals surface area contributed by atoms with Crippen molar-refractivity contribution in [3.05, 3.63) is 52.0 Å². The lowest BCUT2D eigenvalue weighted by Gasteiger charge is -2.07. The number of phenols is 1. The molecule has 1 aromatic carbocycles. The molecule has 0 unspecified atom stereocenters. The summed E-state index contributed by atoms with van der Waals surface area (Å²) in [5.74, 6) is 0.282. The molecule has 2 rings (SSSR count). The monoisotopic (exact) mass is 321 g/mol. The van der Waals surface area contributed by atoms with Crippen LogP contribution in [0.3, 0.4) is 0 Å². The highest BCUT2D eigenvalue weighted by Crippen LogP contribution is 2.21. The smallest absolute Gasteiger partial charge is 0.115 e. The van der Waals surface area contributed by atoms with Crippen molar-refractivity contribution in [2.24, 2.45) is 0 Å². The second-order valence-corrected chi connectivity index (χ2v) is 5.21. The molecule has 0 aliphatic rings. The Balaban J connectivity index is 1.82. The van der Waals surface area contributed by atoms with Crippen LogP contribution in [0.1, 0.15) is 17.0 Å². The molecule has 0 saturated carbocycles. The fourth-order valence-corrected chi connectivity index (χ4v) is 2.16. The largest absolute Gasteiger partial charge is 0.508 e. The van der Waals surface area contributed by atoms with Crippen molar-refractivity contribution in [3.63, 3.8) is 0 Å². The van der Waals surface area contributed by atoms with Gasteiger partial charge in [0, 0.05) is 36.4 Å². The summed E-state index contributed by atoms with van der Waals surface area (Å²) in [6, 6.07) is 5.26. The van der Waals surface area contributed by atoms with Crippen LogP contribution in [0.5, 0.6) is 5.75 Å². The average molecular weight is 322 g/mol. The molecule has 1 aromatic heterocycles. The summed E-state index contributed by atoms with van der Waals surface area (Å²) in [4.78, 5) is 8.51. The van der Waals surface area contributed by atoms with Gasteiger partial charge < -0.3 is 10.4 Å². The molecule has 2 N–H and O–H groups in total. The van der Waals surface area contributed by atoms with Gasteiger partial charge in [0.1, 0.15) is 5.75 Å². The van der Waals surface area contributed by atoms with E-state index >= 15 is 0 Å². The summed E-state index contributed by atoms with van der Waals surface area (Å²) < 4.78 is 0.994. The van der Waals surface area contributed by atoms with E-state index in [2.05, 4.69) is 31.2 Å². The van der Waals surface area contributed by atoms with Crippen LogP contribution in [0.4, 0.5) is 0 Å². The van der Waals surface area contributed by atoms with Crippen molar-refractivity contribution < 1.29 is 5.11 Å². The highest BCUT2D eigenvalue weighted by atomic mass is 79.9. The molecule has 100 valence electrons. The first kappa shape index (κ1) is 14.0. The fraction of sp³-hybridized carbons (Fsp3) is 0.286. The van der Waals surface area contributed by atoms with Gasteiger partial charge in [-0.1, -0.05) is 15.9 Å². The summed E-state index contributed by atoms with van der Waals surface area (Å²) in [7, 11) is 0. The second kappa shape index (κ2) is 6.63. The molecule has 0 aliphatic carbocycles. The van der Waals surface area contributed by atoms with E-state index in [-0.39, 0.29) is 5.75 Å². The molecule has 0 atom stereocenters. The minimum Gasteiger partial charge on any atom is -0.508 e. The Kier molecular flexibility index (Phi) is 4.87. The summed E-state index contributed by atoms with van der Waals surface area (Å²) in [5.41, 5.74) is 2.96. The summed E-state index contributed by atoms with van der Waals surface area (Å²) >= 11 is 3.46. The molecule has 0 spiro atoms. The molecule has 0 fully saturated rings. The number of aryl methyl sites for hydroxylation is 1. The van der Waals surface area contributed by atoms with Crippen molar-refractivity contribution in [1.29, 1.82) is 0 Å². The van der Waals surface area contributed by atoms with Crippen molar-refractivity contribution in [2.45, 2.75) is 19.9 Å². The fourth-order valence-electron chi connectivity index (χ4n) is 1.77. The SMILES string of the molecule is Cc1cncc(CCNCc2cc(O)ccc2Br)n1. The van der Waals surface area contributed by atoms with E-state index < -0.39 is 0 Å². The Morgan fingerprint density at radius 1 is 1.32 bits per heavy atom. The zero-order chi connectivity index (χ0) is 13.7. The topological polar surface area (TPSA) is 58.0 Å². The van der Waals surface area contributed by atoms with Crippen LogP contribution in [-0.2, 0) is 13.0 Å².